The van der Waals surface area contributed by atoms with Crippen LogP contribution in [-0.4, -0.2) is 25.7 Å². The van der Waals surface area contributed by atoms with Gasteiger partial charge in [0.15, 0.2) is 6.10 Å². The monoisotopic (exact) mass is 315 g/mol. The van der Waals surface area contributed by atoms with Crippen molar-refractivity contribution in [3.05, 3.63) is 48.5 Å². The minimum absolute atomic E-state index is 0.250. The molecule has 0 unspecified atom stereocenters. The van der Waals surface area contributed by atoms with E-state index in [1.807, 2.05) is 37.3 Å². The lowest BCUT2D eigenvalue weighted by atomic mass is 10.2. The number of nitrogens with one attached hydrogen (secondary N) is 1. The first-order valence-corrected chi connectivity index (χ1v) is 7.47. The second-order valence-corrected chi connectivity index (χ2v) is 4.86. The maximum atomic E-state index is 12.3. The van der Waals surface area contributed by atoms with Gasteiger partial charge in [0.05, 0.1) is 19.4 Å². The molecular weight excluding hydrogens is 294 g/mol. The molecule has 5 nitrogen and oxygen atoms in total. The van der Waals surface area contributed by atoms with Crippen molar-refractivity contribution in [2.75, 3.05) is 19.0 Å². The molecule has 0 radical (unpaired) electrons. The maximum absolute atomic E-state index is 12.3. The Morgan fingerprint density at radius 2 is 1.87 bits per heavy atom. The fraction of sp³-hybridized carbons (Fsp3) is 0.278. The van der Waals surface area contributed by atoms with Crippen LogP contribution in [0.15, 0.2) is 48.5 Å². The molecule has 23 heavy (non-hydrogen) atoms. The number of hydrogen-bond donors (Lipinski definition) is 1. The predicted octanol–water partition coefficient (Wildman–Crippen LogP) is 3.50. The molecule has 0 aliphatic rings. The summed E-state index contributed by atoms with van der Waals surface area (Å²) in [5.41, 5.74) is 0.625. The molecule has 1 atom stereocenters. The maximum Gasteiger partial charge on any atom is 0.265 e. The van der Waals surface area contributed by atoms with Gasteiger partial charge < -0.3 is 19.5 Å². The Morgan fingerprint density at radius 3 is 2.61 bits per heavy atom. The number of para-hydroxylation sites is 2. The zero-order chi connectivity index (χ0) is 16.7. The van der Waals surface area contributed by atoms with Crippen LogP contribution in [0.2, 0.25) is 0 Å². The number of amides is 1. The van der Waals surface area contributed by atoms with E-state index in [9.17, 15) is 4.79 Å². The van der Waals surface area contributed by atoms with Gasteiger partial charge in [-0.25, -0.2) is 0 Å². The van der Waals surface area contributed by atoms with Gasteiger partial charge >= 0.3 is 0 Å². The second kappa shape index (κ2) is 8.08. The Hall–Kier alpha value is -2.69. The number of benzene rings is 2. The van der Waals surface area contributed by atoms with Crippen molar-refractivity contribution >= 4 is 11.6 Å². The van der Waals surface area contributed by atoms with Crippen LogP contribution in [0.5, 0.6) is 17.2 Å². The lowest BCUT2D eigenvalue weighted by Crippen LogP contribution is -2.30. The van der Waals surface area contributed by atoms with E-state index in [0.29, 0.717) is 29.5 Å². The quantitative estimate of drug-likeness (QED) is 0.849. The van der Waals surface area contributed by atoms with Crippen LogP contribution in [0.25, 0.3) is 0 Å². The molecule has 0 heterocycles. The first-order chi connectivity index (χ1) is 11.1. The SMILES string of the molecule is CCOc1ccccc1NC(=O)[C@@H](C)Oc1cccc(OC)c1. The van der Waals surface area contributed by atoms with Crippen LogP contribution in [0.3, 0.4) is 0 Å². The van der Waals surface area contributed by atoms with Crippen molar-refractivity contribution in [1.82, 2.24) is 0 Å². The molecule has 0 aliphatic carbocycles. The third-order valence-electron chi connectivity index (χ3n) is 3.17. The highest BCUT2D eigenvalue weighted by molar-refractivity contribution is 5.95. The van der Waals surface area contributed by atoms with Crippen LogP contribution in [-0.2, 0) is 4.79 Å². The Bertz CT molecular complexity index is 657. The fourth-order valence-corrected chi connectivity index (χ4v) is 2.02. The number of carbonyl (C=O) groups excluding carboxylic acids is 1. The summed E-state index contributed by atoms with van der Waals surface area (Å²) in [5, 5.41) is 2.82. The Balaban J connectivity index is 2.02. The van der Waals surface area contributed by atoms with Crippen LogP contribution in [0.4, 0.5) is 5.69 Å². The van der Waals surface area contributed by atoms with Crippen molar-refractivity contribution in [2.24, 2.45) is 0 Å². The summed E-state index contributed by atoms with van der Waals surface area (Å²) in [7, 11) is 1.58. The molecular formula is C18H21NO4. The fourth-order valence-electron chi connectivity index (χ4n) is 2.02. The minimum Gasteiger partial charge on any atom is -0.497 e. The summed E-state index contributed by atoms with van der Waals surface area (Å²) in [6.45, 7) is 4.12. The molecule has 0 aromatic heterocycles. The molecule has 0 saturated heterocycles. The number of carbonyl (C=O) groups is 1. The lowest BCUT2D eigenvalue weighted by Gasteiger charge is -2.16. The number of hydrogen-bond acceptors (Lipinski definition) is 4. The average molecular weight is 315 g/mol. The van der Waals surface area contributed by atoms with Gasteiger partial charge in [-0.2, -0.15) is 0 Å². The summed E-state index contributed by atoms with van der Waals surface area (Å²) in [6, 6.07) is 14.4. The van der Waals surface area contributed by atoms with Gasteiger partial charge in [-0.05, 0) is 38.1 Å². The molecule has 0 aliphatic heterocycles. The third-order valence-corrected chi connectivity index (χ3v) is 3.17. The molecule has 5 heteroatoms. The number of ether oxygens (including phenoxy) is 3. The van der Waals surface area contributed by atoms with Crippen molar-refractivity contribution in [2.45, 2.75) is 20.0 Å². The molecule has 0 fully saturated rings. The van der Waals surface area contributed by atoms with Crippen LogP contribution in [0.1, 0.15) is 13.8 Å². The van der Waals surface area contributed by atoms with Crippen molar-refractivity contribution < 1.29 is 19.0 Å². The molecule has 1 N–H and O–H groups in total. The summed E-state index contributed by atoms with van der Waals surface area (Å²) in [5.74, 6) is 1.64. The Kier molecular flexibility index (Phi) is 5.86. The van der Waals surface area contributed by atoms with E-state index in [1.54, 1.807) is 32.2 Å². The number of methoxy groups -OCH3 is 1. The van der Waals surface area contributed by atoms with E-state index in [-0.39, 0.29) is 5.91 Å². The number of anilines is 1. The van der Waals surface area contributed by atoms with Crippen LogP contribution in [0, 0.1) is 0 Å². The van der Waals surface area contributed by atoms with Gasteiger partial charge in [0.1, 0.15) is 17.2 Å². The highest BCUT2D eigenvalue weighted by Crippen LogP contribution is 2.24. The number of rotatable bonds is 7. The van der Waals surface area contributed by atoms with E-state index < -0.39 is 6.10 Å². The van der Waals surface area contributed by atoms with E-state index in [1.165, 1.54) is 0 Å². The van der Waals surface area contributed by atoms with Crippen LogP contribution >= 0.6 is 0 Å². The summed E-state index contributed by atoms with van der Waals surface area (Å²) < 4.78 is 16.3. The van der Waals surface area contributed by atoms with Gasteiger partial charge in [-0.1, -0.05) is 18.2 Å². The lowest BCUT2D eigenvalue weighted by molar-refractivity contribution is -0.122. The van der Waals surface area contributed by atoms with Gasteiger partial charge in [0.25, 0.3) is 5.91 Å². The third kappa shape index (κ3) is 4.64. The molecule has 0 spiro atoms. The largest absolute Gasteiger partial charge is 0.497 e. The summed E-state index contributed by atoms with van der Waals surface area (Å²) in [4.78, 5) is 12.3. The van der Waals surface area contributed by atoms with Gasteiger partial charge in [-0.15, -0.1) is 0 Å². The van der Waals surface area contributed by atoms with E-state index in [2.05, 4.69) is 5.32 Å². The van der Waals surface area contributed by atoms with Crippen molar-refractivity contribution in [1.29, 1.82) is 0 Å². The smallest absolute Gasteiger partial charge is 0.265 e. The zero-order valence-electron chi connectivity index (χ0n) is 13.5. The predicted molar refractivity (Wildman–Crippen MR) is 89.3 cm³/mol. The van der Waals surface area contributed by atoms with Crippen molar-refractivity contribution in [3.63, 3.8) is 0 Å². The molecule has 2 aromatic carbocycles. The van der Waals surface area contributed by atoms with Crippen molar-refractivity contribution in [3.8, 4) is 17.2 Å². The van der Waals surface area contributed by atoms with Gasteiger partial charge in [0, 0.05) is 6.07 Å². The topological polar surface area (TPSA) is 56.8 Å². The highest BCUT2D eigenvalue weighted by atomic mass is 16.5. The van der Waals surface area contributed by atoms with E-state index >= 15 is 0 Å². The Labute approximate surface area is 136 Å². The molecule has 2 rings (SSSR count). The van der Waals surface area contributed by atoms with Crippen LogP contribution < -0.4 is 19.5 Å². The van der Waals surface area contributed by atoms with Gasteiger partial charge in [0.2, 0.25) is 0 Å². The normalized spacial score (nSPS) is 11.4. The molecule has 0 bridgehead atoms. The second-order valence-electron chi connectivity index (χ2n) is 4.86. The molecule has 1 amide bonds. The highest BCUT2D eigenvalue weighted by Gasteiger charge is 2.16. The first kappa shape index (κ1) is 16.7. The first-order valence-electron chi connectivity index (χ1n) is 7.47. The molecule has 2 aromatic rings. The zero-order valence-corrected chi connectivity index (χ0v) is 13.5. The summed E-state index contributed by atoms with van der Waals surface area (Å²) in [6.07, 6.45) is -0.656. The van der Waals surface area contributed by atoms with Gasteiger partial charge in [-0.3, -0.25) is 4.79 Å². The summed E-state index contributed by atoms with van der Waals surface area (Å²) >= 11 is 0. The Morgan fingerprint density at radius 1 is 1.13 bits per heavy atom. The standard InChI is InChI=1S/C18H21NO4/c1-4-22-17-11-6-5-10-16(17)19-18(20)13(2)23-15-9-7-8-14(12-15)21-3/h5-13H,4H2,1-3H3,(H,19,20)/t13-/m1/s1. The average Bonchev–Trinajstić information content (AvgIpc) is 2.57. The molecule has 122 valence electrons. The minimum atomic E-state index is -0.656. The molecule has 0 saturated carbocycles. The van der Waals surface area contributed by atoms with E-state index in [4.69, 9.17) is 14.2 Å². The van der Waals surface area contributed by atoms with E-state index in [0.717, 1.165) is 0 Å².